The zero-order valence-corrected chi connectivity index (χ0v) is 12.5. The summed E-state index contributed by atoms with van der Waals surface area (Å²) in [5.41, 5.74) is 0. The van der Waals surface area contributed by atoms with Gasteiger partial charge in [-0.25, -0.2) is 0 Å². The molecule has 1 N–H and O–H groups in total. The average Bonchev–Trinajstić information content (AvgIpc) is 2.41. The lowest BCUT2D eigenvalue weighted by atomic mass is 9.91. The summed E-state index contributed by atoms with van der Waals surface area (Å²) in [6.45, 7) is 10.9. The van der Waals surface area contributed by atoms with E-state index >= 15 is 0 Å². The summed E-state index contributed by atoms with van der Waals surface area (Å²) >= 11 is 0. The Balaban J connectivity index is 1.75. The lowest BCUT2D eigenvalue weighted by Gasteiger charge is -2.40. The van der Waals surface area contributed by atoms with Crippen LogP contribution in [-0.4, -0.2) is 61.7 Å². The van der Waals surface area contributed by atoms with Gasteiger partial charge in [-0.1, -0.05) is 13.8 Å². The van der Waals surface area contributed by atoms with Crippen molar-refractivity contribution in [2.75, 3.05) is 39.8 Å². The van der Waals surface area contributed by atoms with Crippen molar-refractivity contribution in [3.63, 3.8) is 0 Å². The SMILES string of the molecule is CCN1CCC(N(C)CC2NCCCC2C)CC1. The van der Waals surface area contributed by atoms with Gasteiger partial charge < -0.3 is 15.1 Å². The van der Waals surface area contributed by atoms with Crippen molar-refractivity contribution < 1.29 is 0 Å². The largest absolute Gasteiger partial charge is 0.312 e. The van der Waals surface area contributed by atoms with E-state index in [-0.39, 0.29) is 0 Å². The lowest BCUT2D eigenvalue weighted by Crippen LogP contribution is -2.51. The molecule has 2 heterocycles. The molecule has 0 aromatic heterocycles. The first kappa shape index (κ1) is 14.3. The van der Waals surface area contributed by atoms with Crippen LogP contribution < -0.4 is 5.32 Å². The fourth-order valence-corrected chi connectivity index (χ4v) is 3.49. The highest BCUT2D eigenvalue weighted by Gasteiger charge is 2.26. The molecule has 106 valence electrons. The van der Waals surface area contributed by atoms with Gasteiger partial charge in [0.25, 0.3) is 0 Å². The maximum atomic E-state index is 3.71. The van der Waals surface area contributed by atoms with Gasteiger partial charge in [-0.05, 0) is 64.8 Å². The first-order valence-electron chi connectivity index (χ1n) is 7.86. The topological polar surface area (TPSA) is 18.5 Å². The number of nitrogens with one attached hydrogen (secondary N) is 1. The first-order valence-corrected chi connectivity index (χ1v) is 7.86. The van der Waals surface area contributed by atoms with E-state index in [0.29, 0.717) is 6.04 Å². The minimum Gasteiger partial charge on any atom is -0.312 e. The van der Waals surface area contributed by atoms with Crippen LogP contribution in [0, 0.1) is 5.92 Å². The van der Waals surface area contributed by atoms with Crippen LogP contribution in [0.1, 0.15) is 39.5 Å². The number of hydrogen-bond donors (Lipinski definition) is 1. The quantitative estimate of drug-likeness (QED) is 0.824. The number of piperidine rings is 2. The summed E-state index contributed by atoms with van der Waals surface area (Å²) in [7, 11) is 2.33. The molecule has 0 spiro atoms. The second-order valence-electron chi connectivity index (χ2n) is 6.29. The van der Waals surface area contributed by atoms with Gasteiger partial charge in [0.2, 0.25) is 0 Å². The number of likely N-dealkylation sites (N-methyl/N-ethyl adjacent to an activating group) is 1. The van der Waals surface area contributed by atoms with Gasteiger partial charge in [0.05, 0.1) is 0 Å². The Bertz CT molecular complexity index is 236. The van der Waals surface area contributed by atoms with Crippen molar-refractivity contribution in [1.82, 2.24) is 15.1 Å². The highest BCUT2D eigenvalue weighted by atomic mass is 15.2. The fourth-order valence-electron chi connectivity index (χ4n) is 3.49. The van der Waals surface area contributed by atoms with E-state index in [4.69, 9.17) is 0 Å². The normalized spacial score (nSPS) is 32.0. The molecular weight excluding hydrogens is 222 g/mol. The van der Waals surface area contributed by atoms with Crippen LogP contribution in [0.2, 0.25) is 0 Å². The third-order valence-corrected chi connectivity index (χ3v) is 5.04. The summed E-state index contributed by atoms with van der Waals surface area (Å²) in [4.78, 5) is 5.19. The van der Waals surface area contributed by atoms with Gasteiger partial charge in [-0.2, -0.15) is 0 Å². The molecule has 0 radical (unpaired) electrons. The van der Waals surface area contributed by atoms with E-state index in [9.17, 15) is 0 Å². The van der Waals surface area contributed by atoms with Gasteiger partial charge in [0.15, 0.2) is 0 Å². The van der Waals surface area contributed by atoms with E-state index in [2.05, 4.69) is 36.0 Å². The van der Waals surface area contributed by atoms with Crippen LogP contribution in [0.25, 0.3) is 0 Å². The molecule has 2 atom stereocenters. The Kier molecular flexibility index (Phi) is 5.46. The molecule has 2 fully saturated rings. The van der Waals surface area contributed by atoms with Gasteiger partial charge in [0.1, 0.15) is 0 Å². The Morgan fingerprint density at radius 1 is 1.22 bits per heavy atom. The lowest BCUT2D eigenvalue weighted by molar-refractivity contribution is 0.111. The maximum absolute atomic E-state index is 3.71. The predicted octanol–water partition coefficient (Wildman–Crippen LogP) is 1.79. The zero-order valence-electron chi connectivity index (χ0n) is 12.5. The van der Waals surface area contributed by atoms with Crippen molar-refractivity contribution >= 4 is 0 Å². The molecule has 18 heavy (non-hydrogen) atoms. The van der Waals surface area contributed by atoms with Crippen LogP contribution in [0.3, 0.4) is 0 Å². The van der Waals surface area contributed by atoms with Crippen molar-refractivity contribution in [2.24, 2.45) is 5.92 Å². The number of nitrogens with zero attached hydrogens (tertiary/aromatic N) is 2. The summed E-state index contributed by atoms with van der Waals surface area (Å²) in [6, 6.07) is 1.52. The van der Waals surface area contributed by atoms with Crippen LogP contribution in [0.4, 0.5) is 0 Å². The maximum Gasteiger partial charge on any atom is 0.0220 e. The standard InChI is InChI=1S/C15H31N3/c1-4-18-10-7-14(8-11-18)17(3)12-15-13(2)6-5-9-16-15/h13-16H,4-12H2,1-3H3. The van der Waals surface area contributed by atoms with Gasteiger partial charge in [-0.15, -0.1) is 0 Å². The van der Waals surface area contributed by atoms with Crippen molar-refractivity contribution in [3.8, 4) is 0 Å². The molecule has 0 saturated carbocycles. The average molecular weight is 253 g/mol. The molecule has 0 aromatic carbocycles. The second kappa shape index (κ2) is 6.88. The fraction of sp³-hybridized carbons (Fsp3) is 1.00. The molecule has 2 rings (SSSR count). The molecule has 0 aliphatic carbocycles. The highest BCUT2D eigenvalue weighted by molar-refractivity contribution is 4.84. The Morgan fingerprint density at radius 2 is 1.94 bits per heavy atom. The summed E-state index contributed by atoms with van der Waals surface area (Å²) in [6.07, 6.45) is 5.47. The third kappa shape index (κ3) is 3.69. The number of likely N-dealkylation sites (tertiary alicyclic amines) is 1. The minimum atomic E-state index is 0.716. The molecule has 2 aliphatic rings. The summed E-state index contributed by atoms with van der Waals surface area (Å²) in [5.74, 6) is 0.844. The first-order chi connectivity index (χ1) is 8.70. The van der Waals surface area contributed by atoms with Gasteiger partial charge in [0, 0.05) is 18.6 Å². The molecule has 0 amide bonds. The van der Waals surface area contributed by atoms with E-state index in [1.807, 2.05) is 0 Å². The molecule has 2 unspecified atom stereocenters. The van der Waals surface area contributed by atoms with Crippen LogP contribution in [0.15, 0.2) is 0 Å². The molecule has 2 aliphatic heterocycles. The van der Waals surface area contributed by atoms with E-state index < -0.39 is 0 Å². The van der Waals surface area contributed by atoms with Crippen molar-refractivity contribution in [1.29, 1.82) is 0 Å². The van der Waals surface area contributed by atoms with Crippen LogP contribution >= 0.6 is 0 Å². The summed E-state index contributed by atoms with van der Waals surface area (Å²) in [5, 5.41) is 3.71. The Morgan fingerprint density at radius 3 is 2.56 bits per heavy atom. The third-order valence-electron chi connectivity index (χ3n) is 5.04. The molecule has 3 nitrogen and oxygen atoms in total. The smallest absolute Gasteiger partial charge is 0.0220 e. The van der Waals surface area contributed by atoms with Gasteiger partial charge >= 0.3 is 0 Å². The second-order valence-corrected chi connectivity index (χ2v) is 6.29. The zero-order chi connectivity index (χ0) is 13.0. The minimum absolute atomic E-state index is 0.716. The molecule has 2 saturated heterocycles. The molecule has 0 aromatic rings. The predicted molar refractivity (Wildman–Crippen MR) is 78.0 cm³/mol. The monoisotopic (exact) mass is 253 g/mol. The molecule has 3 heteroatoms. The molecule has 0 bridgehead atoms. The number of rotatable bonds is 4. The van der Waals surface area contributed by atoms with E-state index in [1.54, 1.807) is 0 Å². The number of hydrogen-bond acceptors (Lipinski definition) is 3. The highest BCUT2D eigenvalue weighted by Crippen LogP contribution is 2.20. The van der Waals surface area contributed by atoms with Gasteiger partial charge in [-0.3, -0.25) is 0 Å². The molecular formula is C15H31N3. The van der Waals surface area contributed by atoms with Crippen molar-refractivity contribution in [3.05, 3.63) is 0 Å². The van der Waals surface area contributed by atoms with Crippen molar-refractivity contribution in [2.45, 2.75) is 51.6 Å². The Hall–Kier alpha value is -0.120. The summed E-state index contributed by atoms with van der Waals surface area (Å²) < 4.78 is 0. The van der Waals surface area contributed by atoms with Crippen LogP contribution in [0.5, 0.6) is 0 Å². The van der Waals surface area contributed by atoms with E-state index in [0.717, 1.165) is 12.0 Å². The Labute approximate surface area is 113 Å². The van der Waals surface area contributed by atoms with E-state index in [1.165, 1.54) is 58.4 Å². The van der Waals surface area contributed by atoms with Crippen LogP contribution in [-0.2, 0) is 0 Å².